The van der Waals surface area contributed by atoms with Gasteiger partial charge in [0, 0.05) is 0 Å². The van der Waals surface area contributed by atoms with Gasteiger partial charge in [0.05, 0.1) is 25.0 Å². The van der Waals surface area contributed by atoms with Gasteiger partial charge in [0.2, 0.25) is 0 Å². The molecule has 0 aromatic carbocycles. The summed E-state index contributed by atoms with van der Waals surface area (Å²) in [5, 5.41) is 0. The summed E-state index contributed by atoms with van der Waals surface area (Å²) in [5.74, 6) is 0.574. The Labute approximate surface area is 114 Å². The lowest BCUT2D eigenvalue weighted by Crippen LogP contribution is -2.30. The number of carbonyl (C=O) groups excluding carboxylic acids is 2. The van der Waals surface area contributed by atoms with Crippen LogP contribution in [-0.4, -0.2) is 25.2 Å². The minimum Gasteiger partial charge on any atom is -0.465 e. The molecule has 0 N–H and O–H groups in total. The van der Waals surface area contributed by atoms with E-state index in [1.807, 2.05) is 13.8 Å². The molecule has 0 heterocycles. The fourth-order valence-corrected chi connectivity index (χ4v) is 3.47. The third-order valence-corrected chi connectivity index (χ3v) is 4.36. The van der Waals surface area contributed by atoms with Crippen molar-refractivity contribution in [1.82, 2.24) is 0 Å². The second-order valence-electron chi connectivity index (χ2n) is 5.78. The molecule has 108 valence electrons. The van der Waals surface area contributed by atoms with Crippen LogP contribution in [0.3, 0.4) is 0 Å². The molecule has 4 heteroatoms. The number of hydrogen-bond donors (Lipinski definition) is 0. The Morgan fingerprint density at radius 2 is 1.26 bits per heavy atom. The predicted octanol–water partition coefficient (Wildman–Crippen LogP) is 2.56. The van der Waals surface area contributed by atoms with E-state index in [1.165, 1.54) is 0 Å². The molecule has 0 radical (unpaired) electrons. The van der Waals surface area contributed by atoms with Crippen LogP contribution < -0.4 is 0 Å². The third-order valence-electron chi connectivity index (χ3n) is 4.36. The Bertz CT molecular complexity index is 307. The van der Waals surface area contributed by atoms with Gasteiger partial charge in [-0.2, -0.15) is 0 Å². The second-order valence-corrected chi connectivity index (χ2v) is 5.78. The minimum absolute atomic E-state index is 0.0202. The highest BCUT2D eigenvalue weighted by Crippen LogP contribution is 2.52. The Morgan fingerprint density at radius 1 is 0.842 bits per heavy atom. The first-order valence-electron chi connectivity index (χ1n) is 7.50. The number of hydrogen-bond acceptors (Lipinski definition) is 4. The van der Waals surface area contributed by atoms with E-state index in [9.17, 15) is 9.59 Å². The summed E-state index contributed by atoms with van der Waals surface area (Å²) in [6, 6.07) is 0. The van der Waals surface area contributed by atoms with E-state index in [-0.39, 0.29) is 23.8 Å². The first-order valence-corrected chi connectivity index (χ1v) is 7.50. The van der Waals surface area contributed by atoms with E-state index in [0.717, 1.165) is 32.1 Å². The average molecular weight is 268 g/mol. The molecule has 2 rings (SSSR count). The van der Waals surface area contributed by atoms with Crippen LogP contribution in [0.25, 0.3) is 0 Å². The number of carbonyl (C=O) groups is 2. The summed E-state index contributed by atoms with van der Waals surface area (Å²) >= 11 is 0. The maximum atomic E-state index is 11.9. The van der Waals surface area contributed by atoms with Crippen LogP contribution in [0.15, 0.2) is 0 Å². The van der Waals surface area contributed by atoms with Crippen molar-refractivity contribution in [2.45, 2.75) is 46.0 Å². The van der Waals surface area contributed by atoms with Gasteiger partial charge in [0.1, 0.15) is 0 Å². The molecule has 0 aromatic heterocycles. The smallest absolute Gasteiger partial charge is 0.309 e. The Balaban J connectivity index is 1.83. The summed E-state index contributed by atoms with van der Waals surface area (Å²) in [5.41, 5.74) is 0. The monoisotopic (exact) mass is 268 g/mol. The van der Waals surface area contributed by atoms with E-state index in [0.29, 0.717) is 25.0 Å². The lowest BCUT2D eigenvalue weighted by molar-refractivity contribution is -0.155. The molecule has 0 saturated heterocycles. The van der Waals surface area contributed by atoms with Gasteiger partial charge in [-0.1, -0.05) is 13.8 Å². The van der Waals surface area contributed by atoms with E-state index in [2.05, 4.69) is 0 Å². The Hall–Kier alpha value is -1.06. The Morgan fingerprint density at radius 3 is 1.58 bits per heavy atom. The highest BCUT2D eigenvalue weighted by atomic mass is 16.5. The molecule has 0 aliphatic heterocycles. The topological polar surface area (TPSA) is 52.6 Å². The summed E-state index contributed by atoms with van der Waals surface area (Å²) in [7, 11) is 0. The fraction of sp³-hybridized carbons (Fsp3) is 0.867. The van der Waals surface area contributed by atoms with E-state index in [1.54, 1.807) is 0 Å². The molecule has 0 amide bonds. The average Bonchev–Trinajstić information content (AvgIpc) is 3.01. The molecule has 0 spiro atoms. The van der Waals surface area contributed by atoms with Gasteiger partial charge in [-0.3, -0.25) is 9.59 Å². The van der Waals surface area contributed by atoms with Crippen molar-refractivity contribution in [2.24, 2.45) is 23.7 Å². The fourth-order valence-electron chi connectivity index (χ4n) is 3.47. The highest BCUT2D eigenvalue weighted by molar-refractivity contribution is 5.77. The lowest BCUT2D eigenvalue weighted by Gasteiger charge is -2.25. The second kappa shape index (κ2) is 6.40. The zero-order valence-electron chi connectivity index (χ0n) is 11.9. The van der Waals surface area contributed by atoms with Gasteiger partial charge in [-0.05, 0) is 43.9 Å². The Kier molecular flexibility index (Phi) is 4.83. The number of esters is 2. The summed E-state index contributed by atoms with van der Waals surface area (Å²) in [6.45, 7) is 5.01. The summed E-state index contributed by atoms with van der Waals surface area (Å²) < 4.78 is 10.5. The van der Waals surface area contributed by atoms with Gasteiger partial charge in [0.25, 0.3) is 0 Å². The third kappa shape index (κ3) is 3.10. The van der Waals surface area contributed by atoms with E-state index < -0.39 is 0 Å². The van der Waals surface area contributed by atoms with Crippen molar-refractivity contribution < 1.29 is 19.1 Å². The van der Waals surface area contributed by atoms with Gasteiger partial charge >= 0.3 is 11.9 Å². The molecular formula is C15H24O4. The predicted molar refractivity (Wildman–Crippen MR) is 70.3 cm³/mol. The summed E-state index contributed by atoms with van der Waals surface area (Å²) in [6.07, 6.45) is 4.31. The number of rotatable bonds is 6. The standard InChI is InChI=1S/C15H24O4/c1-3-5-18-14(16)12-8-11-7-10(12)9-13(11)15(17)19-6-4-2/h10-13H,3-9H2,1-2H3. The van der Waals surface area contributed by atoms with Crippen molar-refractivity contribution in [3.05, 3.63) is 0 Å². The van der Waals surface area contributed by atoms with Gasteiger partial charge in [0.15, 0.2) is 0 Å². The van der Waals surface area contributed by atoms with E-state index in [4.69, 9.17) is 9.47 Å². The van der Waals surface area contributed by atoms with Crippen molar-refractivity contribution in [3.63, 3.8) is 0 Å². The van der Waals surface area contributed by atoms with Gasteiger partial charge in [-0.15, -0.1) is 0 Å². The van der Waals surface area contributed by atoms with E-state index >= 15 is 0 Å². The maximum Gasteiger partial charge on any atom is 0.309 e. The van der Waals surface area contributed by atoms with Crippen LogP contribution in [0.2, 0.25) is 0 Å². The molecule has 4 nitrogen and oxygen atoms in total. The van der Waals surface area contributed by atoms with Gasteiger partial charge in [-0.25, -0.2) is 0 Å². The zero-order valence-corrected chi connectivity index (χ0v) is 11.9. The molecule has 0 aromatic rings. The largest absolute Gasteiger partial charge is 0.465 e. The highest BCUT2D eigenvalue weighted by Gasteiger charge is 2.51. The van der Waals surface area contributed by atoms with Crippen LogP contribution in [0.1, 0.15) is 46.0 Å². The molecular weight excluding hydrogens is 244 g/mol. The van der Waals surface area contributed by atoms with Crippen molar-refractivity contribution in [2.75, 3.05) is 13.2 Å². The molecule has 4 atom stereocenters. The van der Waals surface area contributed by atoms with Crippen LogP contribution in [0.4, 0.5) is 0 Å². The quantitative estimate of drug-likeness (QED) is 0.695. The van der Waals surface area contributed by atoms with Gasteiger partial charge < -0.3 is 9.47 Å². The SMILES string of the molecule is CCCOC(=O)C1CC2CC1CC2C(=O)OCCC. The van der Waals surface area contributed by atoms with Crippen LogP contribution >= 0.6 is 0 Å². The molecule has 2 fully saturated rings. The number of ether oxygens (including phenoxy) is 2. The molecule has 2 aliphatic rings. The van der Waals surface area contributed by atoms with Crippen LogP contribution in [0, 0.1) is 23.7 Å². The first-order chi connectivity index (χ1) is 9.17. The molecule has 2 bridgehead atoms. The zero-order chi connectivity index (χ0) is 13.8. The van der Waals surface area contributed by atoms with Crippen molar-refractivity contribution >= 4 is 11.9 Å². The molecule has 4 unspecified atom stereocenters. The maximum absolute atomic E-state index is 11.9. The summed E-state index contributed by atoms with van der Waals surface area (Å²) in [4.78, 5) is 23.8. The normalized spacial score (nSPS) is 32.3. The minimum atomic E-state index is -0.0604. The van der Waals surface area contributed by atoms with Crippen LogP contribution in [-0.2, 0) is 19.1 Å². The molecule has 19 heavy (non-hydrogen) atoms. The molecule has 2 aliphatic carbocycles. The first kappa shape index (κ1) is 14.4. The van der Waals surface area contributed by atoms with Crippen molar-refractivity contribution in [3.8, 4) is 0 Å². The van der Waals surface area contributed by atoms with Crippen molar-refractivity contribution in [1.29, 1.82) is 0 Å². The molecule has 2 saturated carbocycles. The lowest BCUT2D eigenvalue weighted by atomic mass is 9.82. The number of fused-ring (bicyclic) bond motifs is 2. The van der Waals surface area contributed by atoms with Crippen LogP contribution in [0.5, 0.6) is 0 Å².